The molecule has 0 aliphatic carbocycles. The molecule has 2 aliphatic heterocycles. The van der Waals surface area contributed by atoms with E-state index in [1.54, 1.807) is 31.1 Å². The van der Waals surface area contributed by atoms with E-state index in [9.17, 15) is 9.18 Å². The highest BCUT2D eigenvalue weighted by Gasteiger charge is 2.44. The van der Waals surface area contributed by atoms with Gasteiger partial charge in [-0.15, -0.1) is 0 Å². The predicted molar refractivity (Wildman–Crippen MR) is 86.4 cm³/mol. The van der Waals surface area contributed by atoms with Gasteiger partial charge in [0.15, 0.2) is 0 Å². The van der Waals surface area contributed by atoms with E-state index < -0.39 is 0 Å². The maximum absolute atomic E-state index is 13.3. The lowest BCUT2D eigenvalue weighted by Crippen LogP contribution is -2.45. The third-order valence-corrected chi connectivity index (χ3v) is 5.03. The van der Waals surface area contributed by atoms with Crippen molar-refractivity contribution in [1.29, 1.82) is 0 Å². The summed E-state index contributed by atoms with van der Waals surface area (Å²) in [6.45, 7) is 2.63. The largest absolute Gasteiger partial charge is 0.362 e. The Kier molecular flexibility index (Phi) is 4.69. The molecule has 0 bridgehead atoms. The number of carbonyl (C=O) groups is 1. The summed E-state index contributed by atoms with van der Waals surface area (Å²) in [6, 6.07) is 6.80. The molecule has 1 amide bonds. The molecule has 23 heavy (non-hydrogen) atoms. The summed E-state index contributed by atoms with van der Waals surface area (Å²) in [5, 5.41) is 0. The van der Waals surface area contributed by atoms with Gasteiger partial charge in [0.05, 0.1) is 5.60 Å². The molecule has 4 nitrogen and oxygen atoms in total. The third kappa shape index (κ3) is 3.72. The van der Waals surface area contributed by atoms with E-state index in [0.717, 1.165) is 50.9 Å². The summed E-state index contributed by atoms with van der Waals surface area (Å²) in [7, 11) is 3.55. The quantitative estimate of drug-likeness (QED) is 0.857. The molecule has 2 fully saturated rings. The highest BCUT2D eigenvalue weighted by atomic mass is 19.1. The van der Waals surface area contributed by atoms with Crippen LogP contribution in [0.5, 0.6) is 0 Å². The molecule has 0 unspecified atom stereocenters. The van der Waals surface area contributed by atoms with Crippen LogP contribution in [0.25, 0.3) is 0 Å². The first-order valence-electron chi connectivity index (χ1n) is 8.33. The molecule has 0 N–H and O–H groups in total. The summed E-state index contributed by atoms with van der Waals surface area (Å²) in [5.74, 6) is -0.107. The lowest BCUT2D eigenvalue weighted by atomic mass is 9.88. The van der Waals surface area contributed by atoms with Crippen LogP contribution in [0, 0.1) is 5.82 Å². The van der Waals surface area contributed by atoms with Gasteiger partial charge in [0.1, 0.15) is 11.9 Å². The van der Waals surface area contributed by atoms with Crippen LogP contribution < -0.4 is 0 Å². The van der Waals surface area contributed by atoms with Crippen molar-refractivity contribution in [2.75, 3.05) is 27.2 Å². The smallest absolute Gasteiger partial charge is 0.251 e. The average molecular weight is 320 g/mol. The number of ether oxygens (including phenoxy) is 1. The van der Waals surface area contributed by atoms with Gasteiger partial charge < -0.3 is 9.64 Å². The topological polar surface area (TPSA) is 32.8 Å². The monoisotopic (exact) mass is 320 g/mol. The number of rotatable bonds is 3. The Balaban J connectivity index is 1.53. The first-order chi connectivity index (χ1) is 11.0. The molecule has 5 heteroatoms. The van der Waals surface area contributed by atoms with E-state index in [0.29, 0.717) is 0 Å². The van der Waals surface area contributed by atoms with Gasteiger partial charge in [0.25, 0.3) is 5.91 Å². The minimum Gasteiger partial charge on any atom is -0.362 e. The average Bonchev–Trinajstić information content (AvgIpc) is 2.93. The Morgan fingerprint density at radius 2 is 2.09 bits per heavy atom. The number of halogens is 1. The summed E-state index contributed by atoms with van der Waals surface area (Å²) in [5.41, 5.74) is 0.878. The maximum atomic E-state index is 13.3. The van der Waals surface area contributed by atoms with Crippen LogP contribution in [0.4, 0.5) is 4.39 Å². The van der Waals surface area contributed by atoms with Crippen LogP contribution in [-0.4, -0.2) is 54.6 Å². The molecular formula is C18H25FN2O2. The number of nitrogens with zero attached hydrogens (tertiary/aromatic N) is 2. The fourth-order valence-corrected chi connectivity index (χ4v) is 3.66. The molecule has 0 saturated carbocycles. The normalized spacial score (nSPS) is 24.0. The molecule has 1 spiro atoms. The molecule has 1 atom stereocenters. The predicted octanol–water partition coefficient (Wildman–Crippen LogP) is 2.43. The van der Waals surface area contributed by atoms with E-state index in [1.807, 2.05) is 6.07 Å². The lowest BCUT2D eigenvalue weighted by molar-refractivity contribution is -0.148. The number of hydrogen-bond donors (Lipinski definition) is 0. The fraction of sp³-hybridized carbons (Fsp3) is 0.611. The van der Waals surface area contributed by atoms with Crippen LogP contribution in [-0.2, 0) is 16.1 Å². The van der Waals surface area contributed by atoms with Crippen LogP contribution in [0.2, 0.25) is 0 Å². The first-order valence-corrected chi connectivity index (χ1v) is 8.33. The van der Waals surface area contributed by atoms with Crippen molar-refractivity contribution in [3.8, 4) is 0 Å². The van der Waals surface area contributed by atoms with Crippen molar-refractivity contribution in [1.82, 2.24) is 9.80 Å². The molecule has 2 aliphatic rings. The van der Waals surface area contributed by atoms with Gasteiger partial charge in [-0.3, -0.25) is 9.69 Å². The van der Waals surface area contributed by atoms with Gasteiger partial charge >= 0.3 is 0 Å². The van der Waals surface area contributed by atoms with E-state index in [1.165, 1.54) is 6.07 Å². The molecule has 2 saturated heterocycles. The van der Waals surface area contributed by atoms with Crippen molar-refractivity contribution >= 4 is 5.91 Å². The Hall–Kier alpha value is -1.46. The van der Waals surface area contributed by atoms with Gasteiger partial charge in [-0.2, -0.15) is 0 Å². The number of likely N-dealkylation sites (N-methyl/N-ethyl adjacent to an activating group) is 1. The molecule has 126 valence electrons. The number of benzene rings is 1. The van der Waals surface area contributed by atoms with Gasteiger partial charge in [0.2, 0.25) is 0 Å². The highest BCUT2D eigenvalue weighted by Crippen LogP contribution is 2.39. The molecule has 3 rings (SSSR count). The van der Waals surface area contributed by atoms with Crippen LogP contribution in [0.15, 0.2) is 24.3 Å². The summed E-state index contributed by atoms with van der Waals surface area (Å²) in [6.07, 6.45) is 3.39. The van der Waals surface area contributed by atoms with Crippen molar-refractivity contribution in [3.05, 3.63) is 35.6 Å². The number of likely N-dealkylation sites (tertiary alicyclic amines) is 1. The van der Waals surface area contributed by atoms with Gasteiger partial charge in [0, 0.05) is 33.7 Å². The van der Waals surface area contributed by atoms with Crippen LogP contribution in [0.3, 0.4) is 0 Å². The van der Waals surface area contributed by atoms with E-state index in [2.05, 4.69) is 4.90 Å². The minimum atomic E-state index is -0.278. The number of hydrogen-bond acceptors (Lipinski definition) is 3. The Bertz CT molecular complexity index is 568. The molecule has 1 aromatic rings. The Morgan fingerprint density at radius 1 is 1.35 bits per heavy atom. The van der Waals surface area contributed by atoms with Gasteiger partial charge in [-0.25, -0.2) is 4.39 Å². The molecule has 2 heterocycles. The third-order valence-electron chi connectivity index (χ3n) is 5.03. The summed E-state index contributed by atoms with van der Waals surface area (Å²) in [4.78, 5) is 16.0. The fourth-order valence-electron chi connectivity index (χ4n) is 3.66. The zero-order valence-electron chi connectivity index (χ0n) is 13.9. The second kappa shape index (κ2) is 6.57. The van der Waals surface area contributed by atoms with Crippen molar-refractivity contribution in [2.24, 2.45) is 0 Å². The molecule has 0 radical (unpaired) electrons. The van der Waals surface area contributed by atoms with Crippen LogP contribution in [0.1, 0.15) is 31.2 Å². The van der Waals surface area contributed by atoms with Gasteiger partial charge in [-0.05, 0) is 43.4 Å². The minimum absolute atomic E-state index is 0.0732. The molecule has 0 aromatic heterocycles. The summed E-state index contributed by atoms with van der Waals surface area (Å²) >= 11 is 0. The number of carbonyl (C=O) groups excluding carboxylic acids is 1. The number of amides is 1. The highest BCUT2D eigenvalue weighted by molar-refractivity contribution is 5.80. The second-order valence-electron chi connectivity index (χ2n) is 6.97. The first kappa shape index (κ1) is 16.4. The van der Waals surface area contributed by atoms with E-state index >= 15 is 0 Å². The zero-order chi connectivity index (χ0) is 16.4. The van der Waals surface area contributed by atoms with E-state index in [4.69, 9.17) is 4.74 Å². The van der Waals surface area contributed by atoms with Crippen molar-refractivity contribution in [2.45, 2.75) is 43.9 Å². The number of piperidine rings is 1. The van der Waals surface area contributed by atoms with Crippen LogP contribution >= 0.6 is 0 Å². The SMILES string of the molecule is CN(C)C(=O)[C@@H]1CCC2(CCN(Cc3cccc(F)c3)CC2)O1. The molecular weight excluding hydrogens is 295 g/mol. The lowest BCUT2D eigenvalue weighted by Gasteiger charge is -2.39. The van der Waals surface area contributed by atoms with Crippen molar-refractivity contribution < 1.29 is 13.9 Å². The Labute approximate surface area is 137 Å². The zero-order valence-corrected chi connectivity index (χ0v) is 13.9. The van der Waals surface area contributed by atoms with E-state index in [-0.39, 0.29) is 23.4 Å². The summed E-state index contributed by atoms with van der Waals surface area (Å²) < 4.78 is 19.4. The van der Waals surface area contributed by atoms with Crippen molar-refractivity contribution in [3.63, 3.8) is 0 Å². The van der Waals surface area contributed by atoms with Gasteiger partial charge in [-0.1, -0.05) is 12.1 Å². The Morgan fingerprint density at radius 3 is 2.74 bits per heavy atom. The second-order valence-corrected chi connectivity index (χ2v) is 6.97. The maximum Gasteiger partial charge on any atom is 0.251 e. The standard InChI is InChI=1S/C18H25FN2O2/c1-20(2)17(22)16-6-7-18(23-16)8-10-21(11-9-18)13-14-4-3-5-15(19)12-14/h3-5,12,16H,6-11,13H2,1-2H3/t16-/m0/s1. The molecule has 1 aromatic carbocycles.